The first-order valence-electron chi connectivity index (χ1n) is 10.5. The molecular formula is C23H18FN7O. The van der Waals surface area contributed by atoms with Gasteiger partial charge in [0.05, 0.1) is 36.0 Å². The van der Waals surface area contributed by atoms with Crippen LogP contribution < -0.4 is 10.1 Å². The Morgan fingerprint density at radius 2 is 2.09 bits per heavy atom. The highest BCUT2D eigenvalue weighted by Gasteiger charge is 2.25. The van der Waals surface area contributed by atoms with Crippen molar-refractivity contribution >= 4 is 11.6 Å². The van der Waals surface area contributed by atoms with Crippen LogP contribution in [0.15, 0.2) is 36.9 Å². The van der Waals surface area contributed by atoms with Crippen LogP contribution in [0.25, 0.3) is 16.9 Å². The first-order chi connectivity index (χ1) is 15.7. The molecule has 8 nitrogen and oxygen atoms in total. The average molecular weight is 427 g/mol. The van der Waals surface area contributed by atoms with E-state index in [0.717, 1.165) is 29.8 Å². The van der Waals surface area contributed by atoms with Crippen molar-refractivity contribution in [3.8, 4) is 23.1 Å². The molecule has 4 aromatic rings. The standard InChI is InChI=1S/C23H18FN7O/c24-18-3-4-21-15(5-6-32-21)16(18)8-28-23-29-9-17(22-30-14(7-25)12-31(22)23)20-11-26-19(10-27-20)13-1-2-13/h3-4,9-13H,1-2,5-6,8H2,(H,28,29). The maximum atomic E-state index is 14.5. The zero-order valence-electron chi connectivity index (χ0n) is 17.0. The van der Waals surface area contributed by atoms with Gasteiger partial charge >= 0.3 is 0 Å². The van der Waals surface area contributed by atoms with Crippen LogP contribution in [0.4, 0.5) is 10.3 Å². The largest absolute Gasteiger partial charge is 0.493 e. The van der Waals surface area contributed by atoms with Gasteiger partial charge in [0.25, 0.3) is 0 Å². The molecule has 0 saturated heterocycles. The maximum Gasteiger partial charge on any atom is 0.208 e. The van der Waals surface area contributed by atoms with Gasteiger partial charge in [-0.25, -0.2) is 14.4 Å². The van der Waals surface area contributed by atoms with E-state index >= 15 is 0 Å². The summed E-state index contributed by atoms with van der Waals surface area (Å²) in [7, 11) is 0. The molecule has 0 unspecified atom stereocenters. The number of hydrogen-bond acceptors (Lipinski definition) is 7. The van der Waals surface area contributed by atoms with E-state index in [9.17, 15) is 9.65 Å². The quantitative estimate of drug-likeness (QED) is 0.519. The van der Waals surface area contributed by atoms with Gasteiger partial charge in [0.15, 0.2) is 11.3 Å². The van der Waals surface area contributed by atoms with Crippen molar-refractivity contribution in [2.75, 3.05) is 11.9 Å². The van der Waals surface area contributed by atoms with Gasteiger partial charge in [0, 0.05) is 42.4 Å². The normalized spacial score (nSPS) is 14.8. The van der Waals surface area contributed by atoms with E-state index in [1.54, 1.807) is 35.3 Å². The first-order valence-corrected chi connectivity index (χ1v) is 10.5. The van der Waals surface area contributed by atoms with Gasteiger partial charge in [-0.05, 0) is 25.0 Å². The average Bonchev–Trinajstić information content (AvgIpc) is 3.39. The molecule has 6 rings (SSSR count). The molecule has 158 valence electrons. The Morgan fingerprint density at radius 1 is 1.19 bits per heavy atom. The number of benzene rings is 1. The number of nitrogens with one attached hydrogen (secondary N) is 1. The number of rotatable bonds is 5. The smallest absolute Gasteiger partial charge is 0.208 e. The molecule has 0 bridgehead atoms. The minimum absolute atomic E-state index is 0.232. The molecule has 1 fully saturated rings. The van der Waals surface area contributed by atoms with E-state index in [0.29, 0.717) is 47.4 Å². The van der Waals surface area contributed by atoms with Crippen LogP contribution in [0.5, 0.6) is 5.75 Å². The highest BCUT2D eigenvalue weighted by Crippen LogP contribution is 2.39. The summed E-state index contributed by atoms with van der Waals surface area (Å²) in [6.07, 6.45) is 9.76. The van der Waals surface area contributed by atoms with Gasteiger partial charge in [-0.3, -0.25) is 14.4 Å². The second-order valence-electron chi connectivity index (χ2n) is 7.98. The molecule has 1 aliphatic heterocycles. The van der Waals surface area contributed by atoms with Gasteiger partial charge in [-0.1, -0.05) is 0 Å². The molecule has 1 aliphatic carbocycles. The molecule has 2 aliphatic rings. The Hall–Kier alpha value is -4.06. The Labute approximate surface area is 182 Å². The van der Waals surface area contributed by atoms with E-state index in [2.05, 4.69) is 31.3 Å². The Morgan fingerprint density at radius 3 is 2.88 bits per heavy atom. The van der Waals surface area contributed by atoms with Crippen molar-refractivity contribution in [3.05, 3.63) is 65.3 Å². The van der Waals surface area contributed by atoms with Gasteiger partial charge in [0.1, 0.15) is 17.6 Å². The monoisotopic (exact) mass is 427 g/mol. The lowest BCUT2D eigenvalue weighted by Crippen LogP contribution is -2.10. The van der Waals surface area contributed by atoms with Crippen molar-refractivity contribution in [2.24, 2.45) is 0 Å². The summed E-state index contributed by atoms with van der Waals surface area (Å²) in [5, 5.41) is 12.6. The second-order valence-corrected chi connectivity index (χ2v) is 7.98. The fourth-order valence-corrected chi connectivity index (χ4v) is 4.08. The number of hydrogen-bond donors (Lipinski definition) is 1. The maximum absolute atomic E-state index is 14.5. The third-order valence-corrected chi connectivity index (χ3v) is 5.91. The highest BCUT2D eigenvalue weighted by molar-refractivity contribution is 5.75. The van der Waals surface area contributed by atoms with Crippen molar-refractivity contribution in [1.82, 2.24) is 24.3 Å². The molecule has 1 saturated carbocycles. The number of imidazole rings is 1. The number of ether oxygens (including phenoxy) is 1. The van der Waals surface area contributed by atoms with E-state index < -0.39 is 0 Å². The molecule has 0 spiro atoms. The zero-order valence-corrected chi connectivity index (χ0v) is 17.0. The minimum atomic E-state index is -0.288. The minimum Gasteiger partial charge on any atom is -0.493 e. The third-order valence-electron chi connectivity index (χ3n) is 5.91. The zero-order chi connectivity index (χ0) is 21.7. The number of halogens is 1. The summed E-state index contributed by atoms with van der Waals surface area (Å²) >= 11 is 0. The summed E-state index contributed by atoms with van der Waals surface area (Å²) in [6, 6.07) is 5.15. The molecule has 32 heavy (non-hydrogen) atoms. The van der Waals surface area contributed by atoms with Gasteiger partial charge in [-0.2, -0.15) is 5.26 Å². The topological polar surface area (TPSA) is 101 Å². The Balaban J connectivity index is 1.36. The van der Waals surface area contributed by atoms with Crippen molar-refractivity contribution in [3.63, 3.8) is 0 Å². The van der Waals surface area contributed by atoms with Crippen LogP contribution in [-0.4, -0.2) is 30.9 Å². The van der Waals surface area contributed by atoms with Crippen LogP contribution in [-0.2, 0) is 13.0 Å². The number of fused-ring (bicyclic) bond motifs is 2. The summed E-state index contributed by atoms with van der Waals surface area (Å²) in [4.78, 5) is 18.0. The predicted octanol–water partition coefficient (Wildman–Crippen LogP) is 3.62. The molecule has 0 atom stereocenters. The third kappa shape index (κ3) is 3.12. The Kier molecular flexibility index (Phi) is 4.24. The number of nitriles is 1. The van der Waals surface area contributed by atoms with Gasteiger partial charge < -0.3 is 10.1 Å². The van der Waals surface area contributed by atoms with Gasteiger partial charge in [0.2, 0.25) is 5.95 Å². The summed E-state index contributed by atoms with van der Waals surface area (Å²) in [6.45, 7) is 0.784. The van der Waals surface area contributed by atoms with Gasteiger partial charge in [-0.15, -0.1) is 0 Å². The van der Waals surface area contributed by atoms with Crippen LogP contribution in [0.2, 0.25) is 0 Å². The number of anilines is 1. The molecule has 0 radical (unpaired) electrons. The van der Waals surface area contributed by atoms with Crippen molar-refractivity contribution < 1.29 is 9.13 Å². The SMILES string of the molecule is N#Cc1cn2c(NCc3c(F)ccc4c3CCO4)ncc(-c3cnc(C4CC4)cn3)c2n1. The number of nitrogens with zero attached hydrogens (tertiary/aromatic N) is 6. The second kappa shape index (κ2) is 7.27. The van der Waals surface area contributed by atoms with Crippen molar-refractivity contribution in [2.45, 2.75) is 31.7 Å². The Bertz CT molecular complexity index is 1390. The predicted molar refractivity (Wildman–Crippen MR) is 114 cm³/mol. The van der Waals surface area contributed by atoms with E-state index in [1.807, 2.05) is 0 Å². The molecule has 1 N–H and O–H groups in total. The molecule has 1 aromatic carbocycles. The molecule has 4 heterocycles. The summed E-state index contributed by atoms with van der Waals surface area (Å²) < 4.78 is 21.8. The first kappa shape index (κ1) is 18.7. The van der Waals surface area contributed by atoms with E-state index in [-0.39, 0.29) is 18.1 Å². The lowest BCUT2D eigenvalue weighted by Gasteiger charge is -2.13. The fraction of sp³-hybridized carbons (Fsp3) is 0.261. The fourth-order valence-electron chi connectivity index (χ4n) is 4.08. The van der Waals surface area contributed by atoms with Crippen LogP contribution >= 0.6 is 0 Å². The summed E-state index contributed by atoms with van der Waals surface area (Å²) in [5.74, 6) is 1.41. The summed E-state index contributed by atoms with van der Waals surface area (Å²) in [5.41, 5.74) is 4.53. The lowest BCUT2D eigenvalue weighted by molar-refractivity contribution is 0.356. The lowest BCUT2D eigenvalue weighted by atomic mass is 10.0. The van der Waals surface area contributed by atoms with Crippen LogP contribution in [0.3, 0.4) is 0 Å². The molecule has 3 aromatic heterocycles. The number of aromatic nitrogens is 5. The highest BCUT2D eigenvalue weighted by atomic mass is 19.1. The van der Waals surface area contributed by atoms with Crippen molar-refractivity contribution in [1.29, 1.82) is 5.26 Å². The van der Waals surface area contributed by atoms with Crippen LogP contribution in [0.1, 0.15) is 41.3 Å². The molecule has 9 heteroatoms. The van der Waals surface area contributed by atoms with E-state index in [4.69, 9.17) is 4.74 Å². The van der Waals surface area contributed by atoms with E-state index in [1.165, 1.54) is 6.07 Å². The van der Waals surface area contributed by atoms with Crippen LogP contribution in [0, 0.1) is 17.1 Å². The molecule has 0 amide bonds. The molecular weight excluding hydrogens is 409 g/mol.